The number of hydrogen-bond acceptors (Lipinski definition) is 5. The lowest BCUT2D eigenvalue weighted by Gasteiger charge is -2.20. The molecule has 0 fully saturated rings. The van der Waals surface area contributed by atoms with E-state index < -0.39 is 11.7 Å². The van der Waals surface area contributed by atoms with Crippen LogP contribution in [0.1, 0.15) is 22.5 Å². The summed E-state index contributed by atoms with van der Waals surface area (Å²) in [5, 5.41) is 15.4. The normalized spacial score (nSPS) is 16.8. The summed E-state index contributed by atoms with van der Waals surface area (Å²) >= 11 is 7.19. The minimum Gasteiger partial charge on any atom is -0.318 e. The number of pyridine rings is 1. The average Bonchev–Trinajstić information content (AvgIpc) is 3.34. The smallest absolute Gasteiger partial charge is 0.283 e. The lowest BCUT2D eigenvalue weighted by molar-refractivity contribution is -0.114. The standard InChI is InChI=1S/C23H16ClFN6OS/c1-12-8-15(13(2)30(12)16-5-6-19(25)18(24)10-16)9-17-20(26)31-23(28-21(17)32)33-22(29-31)14-4-3-7-27-11-14/h3-11,26H,1-2H3/b17-9+,26-20?. The predicted molar refractivity (Wildman–Crippen MR) is 129 cm³/mol. The van der Waals surface area contributed by atoms with E-state index >= 15 is 0 Å². The van der Waals surface area contributed by atoms with Gasteiger partial charge >= 0.3 is 0 Å². The quantitative estimate of drug-likeness (QED) is 0.539. The summed E-state index contributed by atoms with van der Waals surface area (Å²) in [6.45, 7) is 3.78. The predicted octanol–water partition coefficient (Wildman–Crippen LogP) is 4.95. The molecule has 10 heteroatoms. The number of aliphatic imine (C=N–C) groups is 1. The van der Waals surface area contributed by atoms with Gasteiger partial charge in [-0.05, 0) is 73.6 Å². The summed E-state index contributed by atoms with van der Waals surface area (Å²) < 4.78 is 15.5. The number of thioether (sulfide) groups is 1. The Morgan fingerprint density at radius 1 is 1.21 bits per heavy atom. The summed E-state index contributed by atoms with van der Waals surface area (Å²) in [5.41, 5.74) is 4.04. The van der Waals surface area contributed by atoms with Crippen LogP contribution < -0.4 is 0 Å². The summed E-state index contributed by atoms with van der Waals surface area (Å²) in [6.07, 6.45) is 4.97. The molecule has 33 heavy (non-hydrogen) atoms. The maximum atomic E-state index is 13.6. The van der Waals surface area contributed by atoms with Crippen LogP contribution in [0.15, 0.2) is 64.5 Å². The van der Waals surface area contributed by atoms with E-state index in [1.54, 1.807) is 36.7 Å². The number of nitrogens with one attached hydrogen (secondary N) is 1. The molecule has 0 unspecified atom stereocenters. The average molecular weight is 479 g/mol. The Morgan fingerprint density at radius 2 is 2.03 bits per heavy atom. The molecule has 0 saturated carbocycles. The molecule has 0 bridgehead atoms. The van der Waals surface area contributed by atoms with Crippen molar-refractivity contribution >= 4 is 51.4 Å². The fourth-order valence-corrected chi connectivity index (χ4v) is 4.76. The number of aromatic nitrogens is 2. The Labute approximate surface area is 197 Å². The number of hydrazone groups is 1. The monoisotopic (exact) mass is 478 g/mol. The van der Waals surface area contributed by atoms with E-state index in [-0.39, 0.29) is 16.4 Å². The van der Waals surface area contributed by atoms with Gasteiger partial charge in [-0.3, -0.25) is 15.2 Å². The first-order valence-electron chi connectivity index (χ1n) is 9.88. The second-order valence-electron chi connectivity index (χ2n) is 7.43. The van der Waals surface area contributed by atoms with Gasteiger partial charge in [0.15, 0.2) is 5.84 Å². The molecule has 1 N–H and O–H groups in total. The largest absolute Gasteiger partial charge is 0.318 e. The molecule has 2 aliphatic heterocycles. The number of carbonyl (C=O) groups is 1. The van der Waals surface area contributed by atoms with Crippen molar-refractivity contribution in [3.8, 4) is 5.69 Å². The summed E-state index contributed by atoms with van der Waals surface area (Å²) in [7, 11) is 0. The van der Waals surface area contributed by atoms with Crippen molar-refractivity contribution in [2.75, 3.05) is 0 Å². The van der Waals surface area contributed by atoms with Crippen LogP contribution in [-0.2, 0) is 4.79 Å². The van der Waals surface area contributed by atoms with Crippen LogP contribution in [0.5, 0.6) is 0 Å². The second-order valence-corrected chi connectivity index (χ2v) is 8.79. The van der Waals surface area contributed by atoms with Crippen molar-refractivity contribution < 1.29 is 9.18 Å². The lowest BCUT2D eigenvalue weighted by atomic mass is 10.1. The highest BCUT2D eigenvalue weighted by Crippen LogP contribution is 2.32. The van der Waals surface area contributed by atoms with Gasteiger partial charge < -0.3 is 4.57 Å². The minimum absolute atomic E-state index is 0.0276. The zero-order chi connectivity index (χ0) is 23.3. The van der Waals surface area contributed by atoms with E-state index in [0.29, 0.717) is 15.9 Å². The number of hydrogen-bond donors (Lipinski definition) is 1. The zero-order valence-electron chi connectivity index (χ0n) is 17.5. The van der Waals surface area contributed by atoms with Crippen LogP contribution >= 0.6 is 23.4 Å². The molecule has 164 valence electrons. The molecular formula is C23H16ClFN6OS. The van der Waals surface area contributed by atoms with Gasteiger partial charge in [0.2, 0.25) is 5.17 Å². The Balaban J connectivity index is 1.52. The summed E-state index contributed by atoms with van der Waals surface area (Å²) in [6, 6.07) is 10.0. The van der Waals surface area contributed by atoms with Crippen molar-refractivity contribution in [2.45, 2.75) is 13.8 Å². The van der Waals surface area contributed by atoms with Gasteiger partial charge in [-0.25, -0.2) is 4.39 Å². The number of amides is 1. The first-order valence-corrected chi connectivity index (χ1v) is 11.1. The van der Waals surface area contributed by atoms with Crippen molar-refractivity contribution in [3.63, 3.8) is 0 Å². The topological polar surface area (TPSA) is 86.7 Å². The number of benzene rings is 1. The Morgan fingerprint density at radius 3 is 2.76 bits per heavy atom. The third kappa shape index (κ3) is 3.69. The van der Waals surface area contributed by atoms with E-state index in [1.165, 1.54) is 22.8 Å². The van der Waals surface area contributed by atoms with Crippen LogP contribution in [0.2, 0.25) is 5.02 Å². The molecule has 2 aromatic heterocycles. The van der Waals surface area contributed by atoms with E-state index in [0.717, 1.165) is 22.5 Å². The minimum atomic E-state index is -0.504. The molecule has 5 rings (SSSR count). The molecule has 3 aromatic rings. The molecule has 4 heterocycles. The third-order valence-corrected chi connectivity index (χ3v) is 6.54. The zero-order valence-corrected chi connectivity index (χ0v) is 19.1. The molecule has 0 saturated heterocycles. The van der Waals surface area contributed by atoms with Gasteiger partial charge in [0.05, 0.1) is 10.6 Å². The Hall–Kier alpha value is -3.56. The molecule has 7 nitrogen and oxygen atoms in total. The third-order valence-electron chi connectivity index (χ3n) is 5.29. The second kappa shape index (κ2) is 8.09. The fraction of sp³-hybridized carbons (Fsp3) is 0.0870. The molecular weight excluding hydrogens is 463 g/mol. The lowest BCUT2D eigenvalue weighted by Crippen LogP contribution is -2.35. The summed E-state index contributed by atoms with van der Waals surface area (Å²) in [5.74, 6) is -1.04. The summed E-state index contributed by atoms with van der Waals surface area (Å²) in [4.78, 5) is 21.0. The van der Waals surface area contributed by atoms with Crippen molar-refractivity contribution in [2.24, 2.45) is 10.1 Å². The van der Waals surface area contributed by atoms with E-state index in [1.807, 2.05) is 30.5 Å². The maximum Gasteiger partial charge on any atom is 0.283 e. The Bertz CT molecular complexity index is 1430. The highest BCUT2D eigenvalue weighted by Gasteiger charge is 2.36. The Kier molecular flexibility index (Phi) is 5.22. The number of fused-ring (bicyclic) bond motifs is 1. The van der Waals surface area contributed by atoms with Gasteiger partial charge in [0.1, 0.15) is 10.9 Å². The number of halogens is 2. The van der Waals surface area contributed by atoms with E-state index in [4.69, 9.17) is 17.0 Å². The van der Waals surface area contributed by atoms with Crippen molar-refractivity contribution in [1.82, 2.24) is 14.6 Å². The highest BCUT2D eigenvalue weighted by atomic mass is 35.5. The first-order chi connectivity index (χ1) is 15.8. The van der Waals surface area contributed by atoms with Crippen LogP contribution in [0.25, 0.3) is 11.8 Å². The van der Waals surface area contributed by atoms with Gasteiger partial charge in [-0.1, -0.05) is 11.6 Å². The van der Waals surface area contributed by atoms with Crippen LogP contribution in [0.3, 0.4) is 0 Å². The van der Waals surface area contributed by atoms with Gasteiger partial charge in [-0.2, -0.15) is 15.1 Å². The van der Waals surface area contributed by atoms with Crippen molar-refractivity contribution in [3.05, 3.63) is 87.7 Å². The van der Waals surface area contributed by atoms with Crippen molar-refractivity contribution in [1.29, 1.82) is 5.41 Å². The highest BCUT2D eigenvalue weighted by molar-refractivity contribution is 8.27. The molecule has 0 radical (unpaired) electrons. The SMILES string of the molecule is Cc1cc(/C=C2\C(=N)N3N=C(c4cccnc4)SC3=NC2=O)c(C)n1-c1ccc(F)c(Cl)c1. The molecule has 1 amide bonds. The fourth-order valence-electron chi connectivity index (χ4n) is 3.71. The van der Waals surface area contributed by atoms with Gasteiger partial charge in [0, 0.05) is 35.0 Å². The van der Waals surface area contributed by atoms with Crippen LogP contribution in [-0.4, -0.2) is 36.5 Å². The molecule has 0 spiro atoms. The van der Waals surface area contributed by atoms with Crippen LogP contribution in [0, 0.1) is 25.1 Å². The number of rotatable bonds is 3. The first kappa shape index (κ1) is 21.3. The molecule has 0 atom stereocenters. The van der Waals surface area contributed by atoms with Crippen LogP contribution in [0.4, 0.5) is 4.39 Å². The number of aryl methyl sites for hydroxylation is 1. The number of carbonyl (C=O) groups excluding carboxylic acids is 1. The maximum absolute atomic E-state index is 13.6. The molecule has 0 aliphatic carbocycles. The number of amidine groups is 2. The van der Waals surface area contributed by atoms with E-state index in [9.17, 15) is 9.18 Å². The number of nitrogens with zero attached hydrogens (tertiary/aromatic N) is 5. The molecule has 2 aliphatic rings. The molecule has 1 aromatic carbocycles. The van der Waals surface area contributed by atoms with Gasteiger partial charge in [-0.15, -0.1) is 0 Å². The van der Waals surface area contributed by atoms with E-state index in [2.05, 4.69) is 15.1 Å². The van der Waals surface area contributed by atoms with Gasteiger partial charge in [0.25, 0.3) is 5.91 Å².